The van der Waals surface area contributed by atoms with E-state index >= 15 is 0 Å². The standard InChI is InChI=1S/C13H10F4N2O/c1-2-19-6-5-18-12(19)11(20)8-3-4-10(14)9(7-8)13(15,16)17/h3-7H,2H2,1H3. The van der Waals surface area contributed by atoms with Crippen LogP contribution >= 0.6 is 0 Å². The van der Waals surface area contributed by atoms with Crippen molar-refractivity contribution in [3.05, 3.63) is 53.4 Å². The molecule has 1 heterocycles. The number of ketones is 1. The summed E-state index contributed by atoms with van der Waals surface area (Å²) in [5.41, 5.74) is -1.71. The van der Waals surface area contributed by atoms with E-state index in [0.29, 0.717) is 18.7 Å². The summed E-state index contributed by atoms with van der Waals surface area (Å²) >= 11 is 0. The number of benzene rings is 1. The molecule has 106 valence electrons. The number of rotatable bonds is 3. The maximum Gasteiger partial charge on any atom is 0.419 e. The van der Waals surface area contributed by atoms with Gasteiger partial charge in [-0.25, -0.2) is 9.37 Å². The van der Waals surface area contributed by atoms with E-state index in [9.17, 15) is 22.4 Å². The summed E-state index contributed by atoms with van der Waals surface area (Å²) < 4.78 is 52.5. The molecule has 3 nitrogen and oxygen atoms in total. The van der Waals surface area contributed by atoms with E-state index in [1.54, 1.807) is 13.1 Å². The third kappa shape index (κ3) is 2.56. The molecule has 0 spiro atoms. The average molecular weight is 286 g/mol. The molecule has 0 saturated heterocycles. The number of aromatic nitrogens is 2. The van der Waals surface area contributed by atoms with Gasteiger partial charge in [0.15, 0.2) is 5.82 Å². The Hall–Kier alpha value is -2.18. The molecule has 0 N–H and O–H groups in total. The van der Waals surface area contributed by atoms with E-state index in [0.717, 1.165) is 6.07 Å². The monoisotopic (exact) mass is 286 g/mol. The molecule has 7 heteroatoms. The summed E-state index contributed by atoms with van der Waals surface area (Å²) in [5.74, 6) is -2.07. The largest absolute Gasteiger partial charge is 0.419 e. The van der Waals surface area contributed by atoms with Gasteiger partial charge in [0.2, 0.25) is 5.78 Å². The van der Waals surface area contributed by atoms with Gasteiger partial charge >= 0.3 is 6.18 Å². The number of nitrogens with zero attached hydrogens (tertiary/aromatic N) is 2. The van der Waals surface area contributed by atoms with Crippen molar-refractivity contribution < 1.29 is 22.4 Å². The van der Waals surface area contributed by atoms with Crippen LogP contribution in [-0.2, 0) is 12.7 Å². The van der Waals surface area contributed by atoms with Gasteiger partial charge in [0.25, 0.3) is 0 Å². The molecule has 0 saturated carbocycles. The quantitative estimate of drug-likeness (QED) is 0.641. The molecule has 0 amide bonds. The molecular weight excluding hydrogens is 276 g/mol. The fraction of sp³-hybridized carbons (Fsp3) is 0.231. The molecule has 2 rings (SSSR count). The first-order valence-electron chi connectivity index (χ1n) is 5.77. The normalized spacial score (nSPS) is 11.7. The lowest BCUT2D eigenvalue weighted by molar-refractivity contribution is -0.140. The maximum atomic E-state index is 13.2. The van der Waals surface area contributed by atoms with E-state index in [2.05, 4.69) is 4.98 Å². The van der Waals surface area contributed by atoms with Gasteiger partial charge in [0.1, 0.15) is 5.82 Å². The molecule has 0 aliphatic rings. The maximum absolute atomic E-state index is 13.2. The molecule has 2 aromatic rings. The number of imidazole rings is 1. The Labute approximate surface area is 111 Å². The van der Waals surface area contributed by atoms with Crippen LogP contribution in [0, 0.1) is 5.82 Å². The van der Waals surface area contributed by atoms with Crippen molar-refractivity contribution in [1.29, 1.82) is 0 Å². The Morgan fingerprint density at radius 2 is 2.05 bits per heavy atom. The summed E-state index contributed by atoms with van der Waals surface area (Å²) in [7, 11) is 0. The van der Waals surface area contributed by atoms with Gasteiger partial charge in [-0.15, -0.1) is 0 Å². The molecule has 0 atom stereocenters. The van der Waals surface area contributed by atoms with Gasteiger partial charge in [0, 0.05) is 24.5 Å². The summed E-state index contributed by atoms with van der Waals surface area (Å²) in [5, 5.41) is 0. The van der Waals surface area contributed by atoms with Crippen molar-refractivity contribution in [3.8, 4) is 0 Å². The molecule has 0 aliphatic heterocycles. The van der Waals surface area contributed by atoms with Crippen LogP contribution in [0.4, 0.5) is 17.6 Å². The van der Waals surface area contributed by atoms with E-state index < -0.39 is 23.3 Å². The van der Waals surface area contributed by atoms with Gasteiger partial charge in [-0.2, -0.15) is 13.2 Å². The fourth-order valence-corrected chi connectivity index (χ4v) is 1.79. The van der Waals surface area contributed by atoms with Gasteiger partial charge in [-0.3, -0.25) is 4.79 Å². The zero-order chi connectivity index (χ0) is 14.9. The lowest BCUT2D eigenvalue weighted by Gasteiger charge is -2.10. The predicted octanol–water partition coefficient (Wildman–Crippen LogP) is 3.29. The van der Waals surface area contributed by atoms with Crippen LogP contribution in [0.3, 0.4) is 0 Å². The Bertz CT molecular complexity index is 646. The van der Waals surface area contributed by atoms with Crippen molar-refractivity contribution in [2.24, 2.45) is 0 Å². The van der Waals surface area contributed by atoms with E-state index in [1.165, 1.54) is 10.8 Å². The fourth-order valence-electron chi connectivity index (χ4n) is 1.79. The van der Waals surface area contributed by atoms with Gasteiger partial charge in [-0.05, 0) is 25.1 Å². The predicted molar refractivity (Wildman–Crippen MR) is 62.7 cm³/mol. The SMILES string of the molecule is CCn1ccnc1C(=O)c1ccc(F)c(C(F)(F)F)c1. The Morgan fingerprint density at radius 3 is 2.65 bits per heavy atom. The summed E-state index contributed by atoms with van der Waals surface area (Å²) in [6.07, 6.45) is -1.92. The van der Waals surface area contributed by atoms with Crippen molar-refractivity contribution >= 4 is 5.78 Å². The van der Waals surface area contributed by atoms with Crippen LogP contribution in [0.5, 0.6) is 0 Å². The Kier molecular flexibility index (Phi) is 3.61. The molecule has 0 aliphatic carbocycles. The zero-order valence-corrected chi connectivity index (χ0v) is 10.4. The Balaban J connectivity index is 2.46. The van der Waals surface area contributed by atoms with Gasteiger partial charge in [0.05, 0.1) is 5.56 Å². The topological polar surface area (TPSA) is 34.9 Å². The first kappa shape index (κ1) is 14.2. The minimum absolute atomic E-state index is 0.0206. The van der Waals surface area contributed by atoms with Gasteiger partial charge < -0.3 is 4.57 Å². The van der Waals surface area contributed by atoms with Crippen molar-refractivity contribution in [2.45, 2.75) is 19.6 Å². The van der Waals surface area contributed by atoms with Crippen molar-refractivity contribution in [2.75, 3.05) is 0 Å². The van der Waals surface area contributed by atoms with E-state index in [-0.39, 0.29) is 11.4 Å². The third-order valence-corrected chi connectivity index (χ3v) is 2.79. The number of hydrogen-bond acceptors (Lipinski definition) is 2. The highest BCUT2D eigenvalue weighted by molar-refractivity contribution is 6.06. The van der Waals surface area contributed by atoms with E-state index in [4.69, 9.17) is 0 Å². The number of alkyl halides is 3. The molecule has 20 heavy (non-hydrogen) atoms. The van der Waals surface area contributed by atoms with Crippen molar-refractivity contribution in [3.63, 3.8) is 0 Å². The van der Waals surface area contributed by atoms with Crippen molar-refractivity contribution in [1.82, 2.24) is 9.55 Å². The number of carbonyl (C=O) groups is 1. The molecule has 1 aromatic carbocycles. The van der Waals surface area contributed by atoms with E-state index in [1.807, 2.05) is 0 Å². The molecule has 0 radical (unpaired) electrons. The molecule has 1 aromatic heterocycles. The smallest absolute Gasteiger partial charge is 0.328 e. The lowest BCUT2D eigenvalue weighted by atomic mass is 10.1. The number of aryl methyl sites for hydroxylation is 1. The van der Waals surface area contributed by atoms with Gasteiger partial charge in [-0.1, -0.05) is 0 Å². The first-order chi connectivity index (χ1) is 9.34. The van der Waals surface area contributed by atoms with Crippen LogP contribution in [0.2, 0.25) is 0 Å². The molecule has 0 bridgehead atoms. The van der Waals surface area contributed by atoms with Crippen LogP contribution in [-0.4, -0.2) is 15.3 Å². The second-order valence-electron chi connectivity index (χ2n) is 4.06. The minimum Gasteiger partial charge on any atom is -0.328 e. The highest BCUT2D eigenvalue weighted by Crippen LogP contribution is 2.32. The number of carbonyl (C=O) groups excluding carboxylic acids is 1. The second kappa shape index (κ2) is 5.07. The van der Waals surface area contributed by atoms with Crippen LogP contribution < -0.4 is 0 Å². The van der Waals surface area contributed by atoms with Crippen LogP contribution in [0.1, 0.15) is 28.7 Å². The number of halogens is 4. The average Bonchev–Trinajstić information content (AvgIpc) is 2.85. The Morgan fingerprint density at radius 1 is 1.35 bits per heavy atom. The van der Waals surface area contributed by atoms with Crippen LogP contribution in [0.15, 0.2) is 30.6 Å². The highest BCUT2D eigenvalue weighted by Gasteiger charge is 2.35. The first-order valence-corrected chi connectivity index (χ1v) is 5.77. The van der Waals surface area contributed by atoms with Crippen LogP contribution in [0.25, 0.3) is 0 Å². The summed E-state index contributed by atoms with van der Waals surface area (Å²) in [4.78, 5) is 15.9. The summed E-state index contributed by atoms with van der Waals surface area (Å²) in [6.45, 7) is 2.22. The second-order valence-corrected chi connectivity index (χ2v) is 4.06. The minimum atomic E-state index is -4.85. The number of hydrogen-bond donors (Lipinski definition) is 0. The zero-order valence-electron chi connectivity index (χ0n) is 10.4. The highest BCUT2D eigenvalue weighted by atomic mass is 19.4. The summed E-state index contributed by atoms with van der Waals surface area (Å²) in [6, 6.07) is 2.16. The molecular formula is C13H10F4N2O. The molecule has 0 fully saturated rings. The lowest BCUT2D eigenvalue weighted by Crippen LogP contribution is -2.14. The molecule has 0 unspecified atom stereocenters. The third-order valence-electron chi connectivity index (χ3n) is 2.79.